The summed E-state index contributed by atoms with van der Waals surface area (Å²) in [7, 11) is 1.96. The standard InChI is InChI=1S/C8H18N2O/c1-7-4-5-10(9-3)6-8(2)11-7/h7-9H,4-6H2,1-3H3/t7-,8+/m1/s1. The minimum Gasteiger partial charge on any atom is -0.374 e. The largest absolute Gasteiger partial charge is 0.374 e. The molecule has 11 heavy (non-hydrogen) atoms. The molecular formula is C8H18N2O. The van der Waals surface area contributed by atoms with E-state index in [0.29, 0.717) is 12.2 Å². The van der Waals surface area contributed by atoms with Crippen LogP contribution in [0.4, 0.5) is 0 Å². The zero-order valence-corrected chi connectivity index (χ0v) is 7.63. The van der Waals surface area contributed by atoms with Crippen LogP contribution in [0.25, 0.3) is 0 Å². The Kier molecular flexibility index (Phi) is 3.30. The van der Waals surface area contributed by atoms with Gasteiger partial charge in [-0.05, 0) is 27.3 Å². The van der Waals surface area contributed by atoms with Crippen LogP contribution in [-0.4, -0.2) is 37.4 Å². The highest BCUT2D eigenvalue weighted by molar-refractivity contribution is 4.66. The van der Waals surface area contributed by atoms with Crippen molar-refractivity contribution < 1.29 is 4.74 Å². The van der Waals surface area contributed by atoms with Gasteiger partial charge in [-0.3, -0.25) is 5.43 Å². The van der Waals surface area contributed by atoms with Gasteiger partial charge in [0.05, 0.1) is 12.2 Å². The van der Waals surface area contributed by atoms with E-state index in [1.165, 1.54) is 0 Å². The fourth-order valence-corrected chi connectivity index (χ4v) is 1.45. The normalized spacial score (nSPS) is 35.2. The molecule has 0 radical (unpaired) electrons. The molecule has 0 spiro atoms. The Hall–Kier alpha value is -0.120. The number of hydrogen-bond acceptors (Lipinski definition) is 3. The van der Waals surface area contributed by atoms with Crippen molar-refractivity contribution in [3.63, 3.8) is 0 Å². The summed E-state index contributed by atoms with van der Waals surface area (Å²) in [6.45, 7) is 6.32. The Balaban J connectivity index is 2.39. The molecule has 1 aliphatic heterocycles. The third kappa shape index (κ3) is 2.77. The molecule has 0 aromatic rings. The monoisotopic (exact) mass is 158 g/mol. The van der Waals surface area contributed by atoms with E-state index in [-0.39, 0.29) is 0 Å². The Labute approximate surface area is 68.7 Å². The van der Waals surface area contributed by atoms with Crippen LogP contribution in [-0.2, 0) is 4.74 Å². The summed E-state index contributed by atoms with van der Waals surface area (Å²) in [5.74, 6) is 0. The molecule has 1 fully saturated rings. The minimum absolute atomic E-state index is 0.347. The Morgan fingerprint density at radius 1 is 1.36 bits per heavy atom. The first-order valence-electron chi connectivity index (χ1n) is 4.30. The summed E-state index contributed by atoms with van der Waals surface area (Å²) < 4.78 is 5.66. The Morgan fingerprint density at radius 2 is 2.09 bits per heavy atom. The first kappa shape index (κ1) is 8.97. The molecule has 0 amide bonds. The summed E-state index contributed by atoms with van der Waals surface area (Å²) in [4.78, 5) is 0. The number of nitrogens with zero attached hydrogens (tertiary/aromatic N) is 1. The second kappa shape index (κ2) is 4.04. The van der Waals surface area contributed by atoms with Gasteiger partial charge in [0, 0.05) is 13.1 Å². The maximum Gasteiger partial charge on any atom is 0.0691 e. The summed E-state index contributed by atoms with van der Waals surface area (Å²) in [6, 6.07) is 0. The van der Waals surface area contributed by atoms with Gasteiger partial charge in [0.1, 0.15) is 0 Å². The van der Waals surface area contributed by atoms with Crippen LogP contribution >= 0.6 is 0 Å². The van der Waals surface area contributed by atoms with Crippen LogP contribution in [0.1, 0.15) is 20.3 Å². The molecule has 3 heteroatoms. The SMILES string of the molecule is CNN1CC[C@@H](C)O[C@@H](C)C1. The summed E-state index contributed by atoms with van der Waals surface area (Å²) >= 11 is 0. The van der Waals surface area contributed by atoms with Crippen LogP contribution in [0, 0.1) is 0 Å². The van der Waals surface area contributed by atoms with Crippen molar-refractivity contribution >= 4 is 0 Å². The van der Waals surface area contributed by atoms with E-state index in [1.54, 1.807) is 0 Å². The lowest BCUT2D eigenvalue weighted by Gasteiger charge is -2.19. The Bertz CT molecular complexity index is 119. The van der Waals surface area contributed by atoms with E-state index >= 15 is 0 Å². The third-order valence-electron chi connectivity index (χ3n) is 2.06. The minimum atomic E-state index is 0.347. The second-order valence-electron chi connectivity index (χ2n) is 3.22. The van der Waals surface area contributed by atoms with Crippen molar-refractivity contribution in [2.75, 3.05) is 20.1 Å². The third-order valence-corrected chi connectivity index (χ3v) is 2.06. The summed E-state index contributed by atoms with van der Waals surface area (Å²) in [6.07, 6.45) is 1.87. The van der Waals surface area contributed by atoms with Crippen LogP contribution in [0.5, 0.6) is 0 Å². The maximum absolute atomic E-state index is 5.66. The molecule has 1 rings (SSSR count). The highest BCUT2D eigenvalue weighted by atomic mass is 16.5. The molecule has 1 N–H and O–H groups in total. The molecule has 1 saturated heterocycles. The van der Waals surface area contributed by atoms with Crippen molar-refractivity contribution in [2.45, 2.75) is 32.5 Å². The summed E-state index contributed by atoms with van der Waals surface area (Å²) in [5, 5.41) is 2.20. The number of rotatable bonds is 1. The average Bonchev–Trinajstić information content (AvgIpc) is 2.11. The van der Waals surface area contributed by atoms with Crippen molar-refractivity contribution in [2.24, 2.45) is 0 Å². The lowest BCUT2D eigenvalue weighted by Crippen LogP contribution is -2.39. The first-order valence-corrected chi connectivity index (χ1v) is 4.30. The average molecular weight is 158 g/mol. The van der Waals surface area contributed by atoms with Crippen LogP contribution < -0.4 is 5.43 Å². The molecule has 0 unspecified atom stereocenters. The van der Waals surface area contributed by atoms with Gasteiger partial charge in [0.2, 0.25) is 0 Å². The van der Waals surface area contributed by atoms with E-state index in [1.807, 2.05) is 7.05 Å². The van der Waals surface area contributed by atoms with E-state index in [9.17, 15) is 0 Å². The van der Waals surface area contributed by atoms with E-state index < -0.39 is 0 Å². The number of nitrogens with one attached hydrogen (secondary N) is 1. The highest BCUT2D eigenvalue weighted by Gasteiger charge is 2.17. The molecule has 0 bridgehead atoms. The molecule has 0 aromatic carbocycles. The van der Waals surface area contributed by atoms with Crippen LogP contribution in [0.15, 0.2) is 0 Å². The van der Waals surface area contributed by atoms with Gasteiger partial charge in [-0.1, -0.05) is 0 Å². The fraction of sp³-hybridized carbons (Fsp3) is 1.00. The zero-order valence-electron chi connectivity index (χ0n) is 7.63. The van der Waals surface area contributed by atoms with Gasteiger partial charge in [-0.15, -0.1) is 0 Å². The molecule has 66 valence electrons. The van der Waals surface area contributed by atoms with Gasteiger partial charge < -0.3 is 4.74 Å². The smallest absolute Gasteiger partial charge is 0.0691 e. The van der Waals surface area contributed by atoms with Gasteiger partial charge in [0.15, 0.2) is 0 Å². The van der Waals surface area contributed by atoms with E-state index in [4.69, 9.17) is 4.74 Å². The molecule has 3 nitrogen and oxygen atoms in total. The van der Waals surface area contributed by atoms with Gasteiger partial charge in [0.25, 0.3) is 0 Å². The Morgan fingerprint density at radius 3 is 2.73 bits per heavy atom. The van der Waals surface area contributed by atoms with Gasteiger partial charge >= 0.3 is 0 Å². The predicted molar refractivity (Wildman–Crippen MR) is 45.3 cm³/mol. The molecular weight excluding hydrogens is 140 g/mol. The molecule has 0 saturated carbocycles. The summed E-state index contributed by atoms with van der Waals surface area (Å²) in [5.41, 5.74) is 3.15. The number of ether oxygens (including phenoxy) is 1. The number of hydrazine groups is 1. The lowest BCUT2D eigenvalue weighted by atomic mass is 10.3. The van der Waals surface area contributed by atoms with Gasteiger partial charge in [-0.25, -0.2) is 5.01 Å². The molecule has 2 atom stereocenters. The lowest BCUT2D eigenvalue weighted by molar-refractivity contribution is 0.0115. The van der Waals surface area contributed by atoms with E-state index in [0.717, 1.165) is 19.5 Å². The van der Waals surface area contributed by atoms with E-state index in [2.05, 4.69) is 24.3 Å². The zero-order chi connectivity index (χ0) is 8.27. The topological polar surface area (TPSA) is 24.5 Å². The molecule has 1 heterocycles. The quantitative estimate of drug-likeness (QED) is 0.605. The fourth-order valence-electron chi connectivity index (χ4n) is 1.45. The van der Waals surface area contributed by atoms with Crippen LogP contribution in [0.2, 0.25) is 0 Å². The van der Waals surface area contributed by atoms with Crippen molar-refractivity contribution in [1.29, 1.82) is 0 Å². The maximum atomic E-state index is 5.66. The predicted octanol–water partition coefficient (Wildman–Crippen LogP) is 0.620. The van der Waals surface area contributed by atoms with Crippen LogP contribution in [0.3, 0.4) is 0 Å². The molecule has 0 aliphatic carbocycles. The second-order valence-corrected chi connectivity index (χ2v) is 3.22. The van der Waals surface area contributed by atoms with Crippen molar-refractivity contribution in [3.8, 4) is 0 Å². The first-order chi connectivity index (χ1) is 5.22. The molecule has 1 aliphatic rings. The number of hydrogen-bond donors (Lipinski definition) is 1. The van der Waals surface area contributed by atoms with Crippen molar-refractivity contribution in [1.82, 2.24) is 10.4 Å². The van der Waals surface area contributed by atoms with Crippen molar-refractivity contribution in [3.05, 3.63) is 0 Å². The highest BCUT2D eigenvalue weighted by Crippen LogP contribution is 2.08. The van der Waals surface area contributed by atoms with Gasteiger partial charge in [-0.2, -0.15) is 0 Å². The molecule has 0 aromatic heterocycles.